The van der Waals surface area contributed by atoms with Crippen LogP contribution in [0.4, 0.5) is 4.79 Å². The number of carbonyl (C=O) groups is 2. The maximum Gasteiger partial charge on any atom is 0.404 e. The Morgan fingerprint density at radius 3 is 2.38 bits per heavy atom. The van der Waals surface area contributed by atoms with Gasteiger partial charge in [0.1, 0.15) is 0 Å². The number of amides is 2. The summed E-state index contributed by atoms with van der Waals surface area (Å²) in [5, 5.41) is 20.1. The van der Waals surface area contributed by atoms with Gasteiger partial charge < -0.3 is 20.4 Å². The molecule has 0 saturated heterocycles. The monoisotopic (exact) mass is 294 g/mol. The maximum atomic E-state index is 12.4. The number of hydrogen-bond donors (Lipinski definition) is 3. The van der Waals surface area contributed by atoms with E-state index in [2.05, 4.69) is 5.32 Å². The van der Waals surface area contributed by atoms with Crippen molar-refractivity contribution in [1.29, 1.82) is 0 Å². The summed E-state index contributed by atoms with van der Waals surface area (Å²) in [5.74, 6) is -0.689. The average Bonchev–Trinajstić information content (AvgIpc) is 2.45. The maximum absolute atomic E-state index is 12.4. The van der Waals surface area contributed by atoms with Gasteiger partial charge in [0.05, 0.1) is 12.5 Å². The Kier molecular flexibility index (Phi) is 6.68. The first-order valence-electron chi connectivity index (χ1n) is 6.88. The number of carboxylic acid groups (broad SMARTS) is 1. The van der Waals surface area contributed by atoms with Crippen molar-refractivity contribution in [3.63, 3.8) is 0 Å². The van der Waals surface area contributed by atoms with Gasteiger partial charge in [-0.05, 0) is 12.5 Å². The van der Waals surface area contributed by atoms with Crippen LogP contribution in [0.2, 0.25) is 0 Å². The van der Waals surface area contributed by atoms with Crippen LogP contribution in [0.1, 0.15) is 19.4 Å². The quantitative estimate of drug-likeness (QED) is 0.707. The number of hydrogen-bond acceptors (Lipinski definition) is 3. The van der Waals surface area contributed by atoms with E-state index in [1.807, 2.05) is 30.3 Å². The zero-order valence-electron chi connectivity index (χ0n) is 12.3. The first kappa shape index (κ1) is 17.0. The zero-order valence-corrected chi connectivity index (χ0v) is 12.3. The Balaban J connectivity index is 2.74. The number of aliphatic hydroxyl groups excluding tert-OH is 1. The molecule has 2 amide bonds. The molecule has 0 aliphatic heterocycles. The summed E-state index contributed by atoms with van der Waals surface area (Å²) >= 11 is 0. The van der Waals surface area contributed by atoms with E-state index in [9.17, 15) is 9.59 Å². The first-order valence-corrected chi connectivity index (χ1v) is 6.88. The highest BCUT2D eigenvalue weighted by molar-refractivity contribution is 5.80. The largest absolute Gasteiger partial charge is 0.465 e. The molecule has 1 aromatic rings. The van der Waals surface area contributed by atoms with Gasteiger partial charge in [-0.15, -0.1) is 0 Å². The minimum absolute atomic E-state index is 0.133. The predicted octanol–water partition coefficient (Wildman–Crippen LogP) is 1.30. The summed E-state index contributed by atoms with van der Waals surface area (Å²) in [6, 6.07) is 8.97. The fourth-order valence-corrected chi connectivity index (χ4v) is 2.01. The van der Waals surface area contributed by atoms with Gasteiger partial charge in [-0.25, -0.2) is 4.79 Å². The predicted molar refractivity (Wildman–Crippen MR) is 78.7 cm³/mol. The second-order valence-corrected chi connectivity index (χ2v) is 5.00. The number of rotatable bonds is 7. The normalized spacial score (nSPS) is 13.3. The lowest BCUT2D eigenvalue weighted by molar-refractivity contribution is -0.136. The van der Waals surface area contributed by atoms with E-state index in [0.29, 0.717) is 6.54 Å². The lowest BCUT2D eigenvalue weighted by Gasteiger charge is -2.28. The smallest absolute Gasteiger partial charge is 0.404 e. The topological polar surface area (TPSA) is 89.9 Å². The lowest BCUT2D eigenvalue weighted by Crippen LogP contribution is -2.45. The number of aliphatic hydroxyl groups is 1. The molecule has 2 unspecified atom stereocenters. The summed E-state index contributed by atoms with van der Waals surface area (Å²) in [7, 11) is 0. The summed E-state index contributed by atoms with van der Waals surface area (Å²) in [4.78, 5) is 24.6. The third-order valence-electron chi connectivity index (χ3n) is 3.39. The van der Waals surface area contributed by atoms with Crippen LogP contribution in [0.25, 0.3) is 0 Å². The second-order valence-electron chi connectivity index (χ2n) is 5.00. The van der Waals surface area contributed by atoms with Crippen molar-refractivity contribution in [2.45, 2.75) is 26.4 Å². The van der Waals surface area contributed by atoms with Crippen molar-refractivity contribution in [3.8, 4) is 0 Å². The lowest BCUT2D eigenvalue weighted by atomic mass is 10.0. The molecule has 0 fully saturated rings. The van der Waals surface area contributed by atoms with Gasteiger partial charge in [-0.3, -0.25) is 4.79 Å². The Morgan fingerprint density at radius 2 is 1.86 bits per heavy atom. The van der Waals surface area contributed by atoms with Gasteiger partial charge in [0, 0.05) is 19.1 Å². The van der Waals surface area contributed by atoms with Gasteiger partial charge in [-0.2, -0.15) is 0 Å². The van der Waals surface area contributed by atoms with Crippen molar-refractivity contribution in [2.75, 3.05) is 13.2 Å². The van der Waals surface area contributed by atoms with Crippen LogP contribution in [0.15, 0.2) is 30.3 Å². The summed E-state index contributed by atoms with van der Waals surface area (Å²) in [5.41, 5.74) is 0.963. The van der Waals surface area contributed by atoms with Crippen LogP contribution in [-0.4, -0.2) is 46.3 Å². The van der Waals surface area contributed by atoms with E-state index < -0.39 is 18.1 Å². The van der Waals surface area contributed by atoms with Crippen molar-refractivity contribution in [2.24, 2.45) is 5.92 Å². The molecule has 6 heteroatoms. The van der Waals surface area contributed by atoms with Crippen molar-refractivity contribution in [3.05, 3.63) is 35.9 Å². The van der Waals surface area contributed by atoms with Crippen LogP contribution >= 0.6 is 0 Å². The van der Waals surface area contributed by atoms with Crippen LogP contribution in [0, 0.1) is 5.92 Å². The molecule has 21 heavy (non-hydrogen) atoms. The Bertz CT molecular complexity index is 464. The molecular formula is C15H22N2O4. The highest BCUT2D eigenvalue weighted by Crippen LogP contribution is 2.12. The molecule has 1 rings (SSSR count). The van der Waals surface area contributed by atoms with E-state index in [1.165, 1.54) is 0 Å². The highest BCUT2D eigenvalue weighted by atomic mass is 16.4. The van der Waals surface area contributed by atoms with E-state index in [0.717, 1.165) is 5.56 Å². The summed E-state index contributed by atoms with van der Waals surface area (Å²) in [6.07, 6.45) is -1.15. The van der Waals surface area contributed by atoms with Crippen LogP contribution in [-0.2, 0) is 11.3 Å². The van der Waals surface area contributed by atoms with Gasteiger partial charge in [0.25, 0.3) is 0 Å². The van der Waals surface area contributed by atoms with Crippen LogP contribution in [0.5, 0.6) is 0 Å². The minimum atomic E-state index is -1.15. The molecule has 0 spiro atoms. The van der Waals surface area contributed by atoms with Crippen molar-refractivity contribution < 1.29 is 19.8 Å². The van der Waals surface area contributed by atoms with Crippen LogP contribution < -0.4 is 5.32 Å². The molecule has 2 atom stereocenters. The van der Waals surface area contributed by atoms with E-state index in [4.69, 9.17) is 10.2 Å². The molecular weight excluding hydrogens is 272 g/mol. The molecule has 0 bridgehead atoms. The van der Waals surface area contributed by atoms with E-state index in [-0.39, 0.29) is 19.1 Å². The number of nitrogens with one attached hydrogen (secondary N) is 1. The molecule has 0 radical (unpaired) electrons. The third-order valence-corrected chi connectivity index (χ3v) is 3.39. The van der Waals surface area contributed by atoms with Crippen LogP contribution in [0.3, 0.4) is 0 Å². The summed E-state index contributed by atoms with van der Waals surface area (Å²) in [6.45, 7) is 3.81. The third kappa shape index (κ3) is 5.43. The van der Waals surface area contributed by atoms with Crippen molar-refractivity contribution >= 4 is 12.0 Å². The van der Waals surface area contributed by atoms with E-state index in [1.54, 1.807) is 18.7 Å². The Morgan fingerprint density at radius 1 is 1.24 bits per heavy atom. The molecule has 0 heterocycles. The fourth-order valence-electron chi connectivity index (χ4n) is 2.01. The minimum Gasteiger partial charge on any atom is -0.465 e. The Hall–Kier alpha value is -2.08. The fraction of sp³-hybridized carbons (Fsp3) is 0.467. The standard InChI is InChI=1S/C15H22N2O4/c1-11(12(2)16-15(20)21)14(19)17(8-9-18)10-13-6-4-3-5-7-13/h3-7,11-12,16,18H,8-10H2,1-2H3,(H,20,21). The molecule has 0 aliphatic rings. The number of benzene rings is 1. The number of nitrogens with zero attached hydrogens (tertiary/aromatic N) is 1. The van der Waals surface area contributed by atoms with Gasteiger partial charge in [0.2, 0.25) is 5.91 Å². The molecule has 116 valence electrons. The van der Waals surface area contributed by atoms with E-state index >= 15 is 0 Å². The van der Waals surface area contributed by atoms with Gasteiger partial charge >= 0.3 is 6.09 Å². The molecule has 1 aromatic carbocycles. The summed E-state index contributed by atoms with van der Waals surface area (Å²) < 4.78 is 0. The SMILES string of the molecule is CC(NC(=O)O)C(C)C(=O)N(CCO)Cc1ccccc1. The highest BCUT2D eigenvalue weighted by Gasteiger charge is 2.26. The van der Waals surface area contributed by atoms with Crippen molar-refractivity contribution in [1.82, 2.24) is 10.2 Å². The molecule has 3 N–H and O–H groups in total. The average molecular weight is 294 g/mol. The Labute approximate surface area is 124 Å². The molecule has 0 aromatic heterocycles. The molecule has 0 saturated carbocycles. The molecule has 0 aliphatic carbocycles. The van der Waals surface area contributed by atoms with Gasteiger partial charge in [0.15, 0.2) is 0 Å². The second kappa shape index (κ2) is 8.26. The zero-order chi connectivity index (χ0) is 15.8. The number of carbonyl (C=O) groups excluding carboxylic acids is 1. The van der Waals surface area contributed by atoms with Gasteiger partial charge in [-0.1, -0.05) is 37.3 Å². The molecule has 6 nitrogen and oxygen atoms in total. The first-order chi connectivity index (χ1) is 9.95.